The molecule has 1 amide bonds. The van der Waals surface area contributed by atoms with Crippen LogP contribution in [0.4, 0.5) is 10.8 Å². The number of nitrogens with one attached hydrogen (secondary N) is 1. The van der Waals surface area contributed by atoms with Gasteiger partial charge in [-0.15, -0.1) is 0 Å². The number of nitrogens with zero attached hydrogens (tertiary/aromatic N) is 3. The third-order valence-electron chi connectivity index (χ3n) is 2.99. The predicted molar refractivity (Wildman–Crippen MR) is 92.3 cm³/mol. The molecular formula is C14H9BrN4O4S. The van der Waals surface area contributed by atoms with Crippen molar-refractivity contribution in [2.24, 2.45) is 0 Å². The lowest BCUT2D eigenvalue weighted by Gasteiger charge is -2.08. The van der Waals surface area contributed by atoms with Gasteiger partial charge in [0.25, 0.3) is 11.6 Å². The first-order valence-electron chi connectivity index (χ1n) is 6.60. The maximum absolute atomic E-state index is 11.9. The highest BCUT2D eigenvalue weighted by atomic mass is 79.9. The van der Waals surface area contributed by atoms with Crippen molar-refractivity contribution in [3.63, 3.8) is 0 Å². The molecule has 3 rings (SSSR count). The molecule has 0 aliphatic heterocycles. The van der Waals surface area contributed by atoms with Crippen molar-refractivity contribution < 1.29 is 14.5 Å². The Bertz CT molecular complexity index is 930. The Balaban J connectivity index is 1.77. The van der Waals surface area contributed by atoms with Gasteiger partial charge in [0.05, 0.1) is 20.3 Å². The maximum atomic E-state index is 11.9. The summed E-state index contributed by atoms with van der Waals surface area (Å²) in [4.78, 5) is 30.6. The minimum absolute atomic E-state index is 0.0671. The highest BCUT2D eigenvalue weighted by molar-refractivity contribution is 9.11. The predicted octanol–water partition coefficient (Wildman–Crippen LogP) is 3.38. The number of non-ortho nitro benzene ring substituents is 1. The number of pyridine rings is 1. The summed E-state index contributed by atoms with van der Waals surface area (Å²) in [5.74, 6) is -0.0917. The van der Waals surface area contributed by atoms with E-state index in [-0.39, 0.29) is 18.2 Å². The first-order chi connectivity index (χ1) is 11.5. The molecule has 0 spiro atoms. The van der Waals surface area contributed by atoms with Gasteiger partial charge in [-0.05, 0) is 34.1 Å². The van der Waals surface area contributed by atoms with E-state index >= 15 is 0 Å². The van der Waals surface area contributed by atoms with Crippen LogP contribution in [0, 0.1) is 10.1 Å². The fourth-order valence-electron chi connectivity index (χ4n) is 2.02. The van der Waals surface area contributed by atoms with E-state index in [9.17, 15) is 14.9 Å². The van der Waals surface area contributed by atoms with E-state index in [1.165, 1.54) is 29.7 Å². The van der Waals surface area contributed by atoms with Crippen molar-refractivity contribution in [3.05, 3.63) is 50.6 Å². The lowest BCUT2D eigenvalue weighted by atomic mass is 10.1. The summed E-state index contributed by atoms with van der Waals surface area (Å²) in [6, 6.07) is 5.95. The summed E-state index contributed by atoms with van der Waals surface area (Å²) < 4.78 is 6.26. The molecule has 0 bridgehead atoms. The van der Waals surface area contributed by atoms with Gasteiger partial charge in [0.15, 0.2) is 11.7 Å². The summed E-state index contributed by atoms with van der Waals surface area (Å²) in [6.45, 7) is -0.263. The van der Waals surface area contributed by atoms with Crippen molar-refractivity contribution in [2.75, 3.05) is 11.9 Å². The van der Waals surface area contributed by atoms with Crippen molar-refractivity contribution in [1.29, 1.82) is 0 Å². The molecule has 2 aromatic heterocycles. The fraction of sp³-hybridized carbons (Fsp3) is 0.0714. The first kappa shape index (κ1) is 16.3. The first-order valence-corrected chi connectivity index (χ1v) is 8.21. The monoisotopic (exact) mass is 408 g/mol. The number of nitro groups is 1. The molecule has 0 atom stereocenters. The van der Waals surface area contributed by atoms with Crippen LogP contribution >= 0.6 is 27.3 Å². The van der Waals surface area contributed by atoms with Gasteiger partial charge in [-0.2, -0.15) is 0 Å². The Morgan fingerprint density at radius 3 is 2.92 bits per heavy atom. The molecule has 0 radical (unpaired) electrons. The molecule has 1 N–H and O–H groups in total. The SMILES string of the molecule is O=C(COc1ccc([N+](=O)[O-])c2cccnc12)Nc1ncc(Br)s1. The number of anilines is 1. The van der Waals surface area contributed by atoms with Gasteiger partial charge < -0.3 is 4.74 Å². The molecule has 0 unspecified atom stereocenters. The van der Waals surface area contributed by atoms with Crippen LogP contribution in [-0.4, -0.2) is 27.4 Å². The molecule has 1 aromatic carbocycles. The van der Waals surface area contributed by atoms with Crippen molar-refractivity contribution in [3.8, 4) is 5.75 Å². The Morgan fingerprint density at radius 1 is 1.38 bits per heavy atom. The number of thiazole rings is 1. The Morgan fingerprint density at radius 2 is 2.21 bits per heavy atom. The van der Waals surface area contributed by atoms with E-state index in [1.54, 1.807) is 18.3 Å². The quantitative estimate of drug-likeness (QED) is 0.512. The number of fused-ring (bicyclic) bond motifs is 1. The summed E-state index contributed by atoms with van der Waals surface area (Å²) in [5, 5.41) is 14.5. The number of amides is 1. The molecule has 122 valence electrons. The molecule has 0 saturated heterocycles. The number of benzene rings is 1. The molecule has 0 aliphatic carbocycles. The van der Waals surface area contributed by atoms with Crippen molar-refractivity contribution in [1.82, 2.24) is 9.97 Å². The van der Waals surface area contributed by atoms with E-state index < -0.39 is 4.92 Å². The number of hydrogen-bond acceptors (Lipinski definition) is 7. The number of aromatic nitrogens is 2. The summed E-state index contributed by atoms with van der Waals surface area (Å²) in [7, 11) is 0. The second kappa shape index (κ2) is 6.89. The van der Waals surface area contributed by atoms with Crippen molar-refractivity contribution in [2.45, 2.75) is 0 Å². The summed E-state index contributed by atoms with van der Waals surface area (Å²) in [6.07, 6.45) is 3.08. The van der Waals surface area contributed by atoms with Gasteiger partial charge in [0.2, 0.25) is 0 Å². The van der Waals surface area contributed by atoms with Crippen LogP contribution in [0.25, 0.3) is 10.9 Å². The zero-order valence-corrected chi connectivity index (χ0v) is 14.3. The number of carbonyl (C=O) groups is 1. The van der Waals surface area contributed by atoms with E-state index in [0.29, 0.717) is 21.8 Å². The Kier molecular flexibility index (Phi) is 4.67. The Hall–Kier alpha value is -2.59. The van der Waals surface area contributed by atoms with Gasteiger partial charge in [-0.1, -0.05) is 11.3 Å². The number of nitro benzene ring substituents is 1. The molecule has 3 aromatic rings. The molecule has 2 heterocycles. The minimum atomic E-state index is -0.485. The summed E-state index contributed by atoms with van der Waals surface area (Å²) >= 11 is 4.53. The van der Waals surface area contributed by atoms with Crippen LogP contribution in [0.5, 0.6) is 5.75 Å². The molecular weight excluding hydrogens is 400 g/mol. The standard InChI is InChI=1S/C14H9BrN4O4S/c15-11-6-17-14(24-11)18-12(20)7-23-10-4-3-9(19(21)22)8-2-1-5-16-13(8)10/h1-6H,7H2,(H,17,18,20). The second-order valence-electron chi connectivity index (χ2n) is 4.55. The van der Waals surface area contributed by atoms with Gasteiger partial charge in [-0.25, -0.2) is 4.98 Å². The molecule has 0 aliphatic rings. The topological polar surface area (TPSA) is 107 Å². The number of hydrogen-bond donors (Lipinski definition) is 1. The van der Waals surface area contributed by atoms with Gasteiger partial charge in [0, 0.05) is 12.3 Å². The number of halogens is 1. The third-order valence-corrected chi connectivity index (χ3v) is 4.38. The van der Waals surface area contributed by atoms with Crippen LogP contribution in [-0.2, 0) is 4.79 Å². The number of rotatable bonds is 5. The number of ether oxygens (including phenoxy) is 1. The van der Waals surface area contributed by atoms with Crippen LogP contribution in [0.1, 0.15) is 0 Å². The molecule has 10 heteroatoms. The van der Waals surface area contributed by atoms with Crippen LogP contribution in [0.15, 0.2) is 40.4 Å². The smallest absolute Gasteiger partial charge is 0.279 e. The van der Waals surface area contributed by atoms with E-state index in [2.05, 4.69) is 31.2 Å². The van der Waals surface area contributed by atoms with Crippen LogP contribution in [0.3, 0.4) is 0 Å². The molecule has 8 nitrogen and oxygen atoms in total. The maximum Gasteiger partial charge on any atom is 0.279 e. The van der Waals surface area contributed by atoms with Gasteiger partial charge >= 0.3 is 0 Å². The normalized spacial score (nSPS) is 10.5. The highest BCUT2D eigenvalue weighted by Gasteiger charge is 2.16. The highest BCUT2D eigenvalue weighted by Crippen LogP contribution is 2.31. The van der Waals surface area contributed by atoms with Crippen molar-refractivity contribution >= 4 is 54.9 Å². The molecule has 0 fully saturated rings. The van der Waals surface area contributed by atoms with E-state index in [1.807, 2.05) is 0 Å². The lowest BCUT2D eigenvalue weighted by Crippen LogP contribution is -2.20. The van der Waals surface area contributed by atoms with Gasteiger partial charge in [-0.3, -0.25) is 25.2 Å². The second-order valence-corrected chi connectivity index (χ2v) is 6.96. The average Bonchev–Trinajstić information content (AvgIpc) is 2.97. The van der Waals surface area contributed by atoms with E-state index in [4.69, 9.17) is 4.74 Å². The minimum Gasteiger partial charge on any atom is -0.481 e. The Labute approximate surface area is 147 Å². The zero-order chi connectivity index (χ0) is 17.1. The third kappa shape index (κ3) is 3.49. The average molecular weight is 409 g/mol. The van der Waals surface area contributed by atoms with E-state index in [0.717, 1.165) is 3.79 Å². The zero-order valence-electron chi connectivity index (χ0n) is 11.9. The summed E-state index contributed by atoms with van der Waals surface area (Å²) in [5.41, 5.74) is 0.263. The lowest BCUT2D eigenvalue weighted by molar-refractivity contribution is -0.383. The fourth-order valence-corrected chi connectivity index (χ4v) is 3.14. The van der Waals surface area contributed by atoms with Crippen LogP contribution in [0.2, 0.25) is 0 Å². The largest absolute Gasteiger partial charge is 0.481 e. The molecule has 24 heavy (non-hydrogen) atoms. The molecule has 0 saturated carbocycles. The van der Waals surface area contributed by atoms with Crippen LogP contribution < -0.4 is 10.1 Å². The van der Waals surface area contributed by atoms with Gasteiger partial charge in [0.1, 0.15) is 11.3 Å². The number of carbonyl (C=O) groups excluding carboxylic acids is 1.